The molecule has 0 unspecified atom stereocenters. The van der Waals surface area contributed by atoms with E-state index in [-0.39, 0.29) is 42.2 Å². The van der Waals surface area contributed by atoms with E-state index < -0.39 is 11.0 Å². The van der Waals surface area contributed by atoms with Crippen LogP contribution in [0.4, 0.5) is 10.7 Å². The molecule has 2 aromatic rings. The van der Waals surface area contributed by atoms with Crippen LogP contribution in [0.15, 0.2) is 12.3 Å². The van der Waals surface area contributed by atoms with Crippen molar-refractivity contribution in [1.82, 2.24) is 24.3 Å². The van der Waals surface area contributed by atoms with Crippen molar-refractivity contribution in [2.45, 2.75) is 79.5 Å². The summed E-state index contributed by atoms with van der Waals surface area (Å²) in [5.74, 6) is -0.162. The minimum Gasteiger partial charge on any atom is -0.444 e. The molecule has 2 fully saturated rings. The van der Waals surface area contributed by atoms with Crippen LogP contribution >= 0.6 is 0 Å². The monoisotopic (exact) mass is 484 g/mol. The molecule has 190 valence electrons. The number of piperidine rings is 1. The van der Waals surface area contributed by atoms with E-state index in [1.54, 1.807) is 11.1 Å². The molecular weight excluding hydrogens is 448 g/mol. The first-order chi connectivity index (χ1) is 16.2. The van der Waals surface area contributed by atoms with Gasteiger partial charge >= 0.3 is 6.09 Å². The summed E-state index contributed by atoms with van der Waals surface area (Å²) in [4.78, 5) is 50.6. The van der Waals surface area contributed by atoms with Gasteiger partial charge in [0, 0.05) is 43.3 Å². The van der Waals surface area contributed by atoms with Crippen molar-refractivity contribution < 1.29 is 19.1 Å². The normalized spacial score (nSPS) is 18.7. The number of ether oxygens (including phenoxy) is 1. The third kappa shape index (κ3) is 5.11. The lowest BCUT2D eigenvalue weighted by Gasteiger charge is -2.37. The number of carbonyl (C=O) groups excluding carboxylic acids is 3. The lowest BCUT2D eigenvalue weighted by Crippen LogP contribution is -2.47. The predicted molar refractivity (Wildman–Crippen MR) is 131 cm³/mol. The Hall–Kier alpha value is -3.17. The number of carbonyl (C=O) groups is 3. The van der Waals surface area contributed by atoms with Crippen LogP contribution in [0.25, 0.3) is 11.0 Å². The van der Waals surface area contributed by atoms with Crippen molar-refractivity contribution >= 4 is 34.9 Å². The molecule has 4 heterocycles. The van der Waals surface area contributed by atoms with Crippen LogP contribution in [0.2, 0.25) is 0 Å². The summed E-state index contributed by atoms with van der Waals surface area (Å²) in [5, 5.41) is 0.818. The van der Waals surface area contributed by atoms with Crippen molar-refractivity contribution in [3.05, 3.63) is 18.0 Å². The summed E-state index contributed by atoms with van der Waals surface area (Å²) in [6.45, 7) is 13.4. The van der Waals surface area contributed by atoms with Gasteiger partial charge in [0.15, 0.2) is 0 Å². The average molecular weight is 485 g/mol. The van der Waals surface area contributed by atoms with E-state index in [4.69, 9.17) is 10.5 Å². The summed E-state index contributed by atoms with van der Waals surface area (Å²) >= 11 is 0. The zero-order valence-corrected chi connectivity index (χ0v) is 21.6. The van der Waals surface area contributed by atoms with Crippen LogP contribution in [0, 0.1) is 10.8 Å². The summed E-state index contributed by atoms with van der Waals surface area (Å²) in [6.07, 6.45) is 2.34. The minimum absolute atomic E-state index is 0.0604. The number of fused-ring (bicyclic) bond motifs is 1. The van der Waals surface area contributed by atoms with E-state index in [1.807, 2.05) is 31.4 Å². The fourth-order valence-corrected chi connectivity index (χ4v) is 4.91. The average Bonchev–Trinajstić information content (AvgIpc) is 3.16. The molecule has 4 rings (SSSR count). The van der Waals surface area contributed by atoms with Gasteiger partial charge in [-0.05, 0) is 45.1 Å². The van der Waals surface area contributed by atoms with Gasteiger partial charge in [0.25, 0.3) is 0 Å². The molecular formula is C25H36N6O4. The highest BCUT2D eigenvalue weighted by molar-refractivity contribution is 6.06. The zero-order valence-electron chi connectivity index (χ0n) is 21.6. The van der Waals surface area contributed by atoms with Gasteiger partial charge in [0.2, 0.25) is 17.8 Å². The van der Waals surface area contributed by atoms with Gasteiger partial charge in [-0.3, -0.25) is 14.5 Å². The number of likely N-dealkylation sites (tertiary alicyclic amines) is 2. The molecule has 35 heavy (non-hydrogen) atoms. The van der Waals surface area contributed by atoms with Crippen LogP contribution in [0.3, 0.4) is 0 Å². The second-order valence-electron chi connectivity index (χ2n) is 12.0. The van der Waals surface area contributed by atoms with Crippen molar-refractivity contribution in [3.8, 4) is 0 Å². The van der Waals surface area contributed by atoms with E-state index in [1.165, 1.54) is 4.90 Å². The van der Waals surface area contributed by atoms with E-state index >= 15 is 0 Å². The van der Waals surface area contributed by atoms with Gasteiger partial charge in [0.1, 0.15) is 11.2 Å². The Kier molecular flexibility index (Phi) is 6.05. The quantitative estimate of drug-likeness (QED) is 0.663. The molecule has 10 nitrogen and oxygen atoms in total. The highest BCUT2D eigenvalue weighted by Crippen LogP contribution is 2.43. The number of rotatable bonds is 3. The number of nitrogens with zero attached hydrogens (tertiary/aromatic N) is 5. The molecule has 2 aliphatic rings. The Morgan fingerprint density at radius 2 is 1.80 bits per heavy atom. The third-order valence-electron chi connectivity index (χ3n) is 6.55. The Balaban J connectivity index is 1.54. The smallest absolute Gasteiger partial charge is 0.410 e. The first-order valence-corrected chi connectivity index (χ1v) is 12.1. The van der Waals surface area contributed by atoms with Crippen LogP contribution in [-0.4, -0.2) is 60.9 Å². The van der Waals surface area contributed by atoms with Crippen molar-refractivity contribution in [3.63, 3.8) is 0 Å². The summed E-state index contributed by atoms with van der Waals surface area (Å²) in [5.41, 5.74) is 5.95. The zero-order chi connectivity index (χ0) is 25.8. The van der Waals surface area contributed by atoms with Gasteiger partial charge in [-0.25, -0.2) is 9.78 Å². The standard InChI is InChI=1S/C25H36N6O4/c1-23(2,3)15-31-17(11-16-13-27-21(26)28-19(16)31)14-30-18(32)12-25(20(30)33)7-9-29(10-8-25)22(34)35-24(4,5)6/h11,13H,7-10,12,14-15H2,1-6H3,(H2,26,27,28). The second-order valence-corrected chi connectivity index (χ2v) is 12.0. The van der Waals surface area contributed by atoms with Crippen LogP contribution < -0.4 is 5.73 Å². The molecule has 2 saturated heterocycles. The highest BCUT2D eigenvalue weighted by Gasteiger charge is 2.53. The van der Waals surface area contributed by atoms with Gasteiger partial charge < -0.3 is 19.9 Å². The van der Waals surface area contributed by atoms with Gasteiger partial charge in [-0.15, -0.1) is 0 Å². The number of anilines is 1. The Bertz CT molecular complexity index is 1170. The summed E-state index contributed by atoms with van der Waals surface area (Å²) in [6, 6.07) is 1.93. The maximum absolute atomic E-state index is 13.6. The lowest BCUT2D eigenvalue weighted by molar-refractivity contribution is -0.143. The molecule has 0 aliphatic carbocycles. The predicted octanol–water partition coefficient (Wildman–Crippen LogP) is 3.34. The van der Waals surface area contributed by atoms with Crippen LogP contribution in [-0.2, 0) is 27.4 Å². The highest BCUT2D eigenvalue weighted by atomic mass is 16.6. The minimum atomic E-state index is -0.763. The number of hydrogen-bond donors (Lipinski definition) is 1. The van der Waals surface area contributed by atoms with Gasteiger partial charge in [-0.1, -0.05) is 20.8 Å². The Morgan fingerprint density at radius 3 is 2.40 bits per heavy atom. The number of nitrogen functional groups attached to an aromatic ring is 1. The van der Waals surface area contributed by atoms with E-state index in [9.17, 15) is 14.4 Å². The number of amides is 3. The van der Waals surface area contributed by atoms with Crippen LogP contribution in [0.5, 0.6) is 0 Å². The van der Waals surface area contributed by atoms with Crippen LogP contribution in [0.1, 0.15) is 66.5 Å². The third-order valence-corrected chi connectivity index (χ3v) is 6.55. The topological polar surface area (TPSA) is 124 Å². The number of nitrogens with two attached hydrogens (primary N) is 1. The molecule has 2 aliphatic heterocycles. The molecule has 0 atom stereocenters. The SMILES string of the molecule is CC(C)(C)Cn1c(CN2C(=O)CC3(CCN(C(=O)OC(C)(C)C)CC3)C2=O)cc2cnc(N)nc21. The van der Waals surface area contributed by atoms with E-state index in [0.717, 1.165) is 11.1 Å². The summed E-state index contributed by atoms with van der Waals surface area (Å²) < 4.78 is 7.50. The van der Waals surface area contributed by atoms with Crippen molar-refractivity contribution in [2.75, 3.05) is 18.8 Å². The molecule has 1 spiro atoms. The molecule has 0 radical (unpaired) electrons. The molecule has 0 aromatic carbocycles. The Labute approximate surface area is 205 Å². The number of imide groups is 1. The molecule has 0 saturated carbocycles. The molecule has 2 aromatic heterocycles. The van der Waals surface area contributed by atoms with Gasteiger partial charge in [-0.2, -0.15) is 4.98 Å². The number of aromatic nitrogens is 3. The molecule has 3 amide bonds. The largest absolute Gasteiger partial charge is 0.444 e. The first-order valence-electron chi connectivity index (χ1n) is 12.1. The van der Waals surface area contributed by atoms with Crippen molar-refractivity contribution in [2.24, 2.45) is 10.8 Å². The fourth-order valence-electron chi connectivity index (χ4n) is 4.91. The molecule has 10 heteroatoms. The first kappa shape index (κ1) is 24.9. The Morgan fingerprint density at radius 1 is 1.14 bits per heavy atom. The second kappa shape index (κ2) is 8.49. The van der Waals surface area contributed by atoms with E-state index in [0.29, 0.717) is 38.1 Å². The summed E-state index contributed by atoms with van der Waals surface area (Å²) in [7, 11) is 0. The lowest BCUT2D eigenvalue weighted by atomic mass is 9.77. The maximum atomic E-state index is 13.6. The van der Waals surface area contributed by atoms with Crippen molar-refractivity contribution in [1.29, 1.82) is 0 Å². The maximum Gasteiger partial charge on any atom is 0.410 e. The molecule has 2 N–H and O–H groups in total. The number of hydrogen-bond acceptors (Lipinski definition) is 7. The molecule has 0 bridgehead atoms. The fraction of sp³-hybridized carbons (Fsp3) is 0.640. The van der Waals surface area contributed by atoms with Gasteiger partial charge in [0.05, 0.1) is 12.0 Å². The van der Waals surface area contributed by atoms with E-state index in [2.05, 4.69) is 30.7 Å².